The minimum absolute atomic E-state index is 0.478. The number of carbonyl (C=O) groups is 1. The van der Waals surface area contributed by atoms with Gasteiger partial charge in [-0.2, -0.15) is 0 Å². The predicted molar refractivity (Wildman–Crippen MR) is 86.9 cm³/mol. The molecule has 118 valence electrons. The van der Waals surface area contributed by atoms with Crippen LogP contribution in [0.1, 0.15) is 84.0 Å². The third kappa shape index (κ3) is 8.04. The van der Waals surface area contributed by atoms with E-state index in [1.807, 2.05) is 0 Å². The van der Waals surface area contributed by atoms with Crippen molar-refractivity contribution < 1.29 is 9.28 Å². The van der Waals surface area contributed by atoms with Crippen molar-refractivity contribution in [3.63, 3.8) is 0 Å². The van der Waals surface area contributed by atoms with Crippen molar-refractivity contribution in [2.24, 2.45) is 0 Å². The quantitative estimate of drug-likeness (QED) is 0.396. The van der Waals surface area contributed by atoms with Gasteiger partial charge in [-0.05, 0) is 12.8 Å². The zero-order valence-electron chi connectivity index (χ0n) is 14.0. The van der Waals surface area contributed by atoms with Crippen molar-refractivity contribution in [1.29, 1.82) is 0 Å². The van der Waals surface area contributed by atoms with Crippen molar-refractivity contribution in [3.8, 4) is 0 Å². The highest BCUT2D eigenvalue weighted by Gasteiger charge is 2.28. The zero-order chi connectivity index (χ0) is 14.7. The van der Waals surface area contributed by atoms with Crippen LogP contribution in [0.3, 0.4) is 0 Å². The van der Waals surface area contributed by atoms with Gasteiger partial charge in [0, 0.05) is 12.8 Å². The van der Waals surface area contributed by atoms with E-state index < -0.39 is 0 Å². The molecule has 1 atom stereocenters. The van der Waals surface area contributed by atoms with Gasteiger partial charge >= 0.3 is 0 Å². The standard InChI is InChI=1S/C18H36NO/c1-3-4-5-6-7-8-9-10-11-12-15-19(2)16-13-14-18(20)17-19/h3-17H2,1-2H3/q+1. The molecule has 1 aliphatic rings. The molecule has 1 unspecified atom stereocenters. The highest BCUT2D eigenvalue weighted by atomic mass is 16.1. The number of ketones is 1. The van der Waals surface area contributed by atoms with E-state index in [1.54, 1.807) is 0 Å². The van der Waals surface area contributed by atoms with Crippen molar-refractivity contribution in [2.45, 2.75) is 84.0 Å². The summed E-state index contributed by atoms with van der Waals surface area (Å²) in [5, 5.41) is 0. The average Bonchev–Trinajstić information content (AvgIpc) is 2.40. The Hall–Kier alpha value is -0.370. The van der Waals surface area contributed by atoms with Crippen molar-refractivity contribution in [2.75, 3.05) is 26.7 Å². The molecule has 20 heavy (non-hydrogen) atoms. The minimum atomic E-state index is 0.478. The van der Waals surface area contributed by atoms with Crippen molar-refractivity contribution >= 4 is 5.78 Å². The average molecular weight is 282 g/mol. The summed E-state index contributed by atoms with van der Waals surface area (Å²) in [6.07, 6.45) is 15.9. The van der Waals surface area contributed by atoms with E-state index in [4.69, 9.17) is 0 Å². The van der Waals surface area contributed by atoms with Gasteiger partial charge < -0.3 is 4.48 Å². The number of piperidine rings is 1. The third-order valence-corrected chi connectivity index (χ3v) is 4.76. The van der Waals surface area contributed by atoms with Crippen LogP contribution in [-0.2, 0) is 4.79 Å². The first kappa shape index (κ1) is 17.7. The summed E-state index contributed by atoms with van der Waals surface area (Å²) in [6, 6.07) is 0. The molecule has 1 aliphatic heterocycles. The fraction of sp³-hybridized carbons (Fsp3) is 0.944. The van der Waals surface area contributed by atoms with Crippen LogP contribution in [0.2, 0.25) is 0 Å². The highest BCUT2D eigenvalue weighted by Crippen LogP contribution is 2.16. The number of likely N-dealkylation sites (tertiary alicyclic amines) is 1. The van der Waals surface area contributed by atoms with E-state index in [9.17, 15) is 4.79 Å². The van der Waals surface area contributed by atoms with Crippen LogP contribution >= 0.6 is 0 Å². The van der Waals surface area contributed by atoms with Gasteiger partial charge in [-0.15, -0.1) is 0 Å². The molecule has 1 heterocycles. The van der Waals surface area contributed by atoms with Crippen LogP contribution in [0, 0.1) is 0 Å². The first-order valence-corrected chi connectivity index (χ1v) is 9.01. The molecule has 0 saturated carbocycles. The van der Waals surface area contributed by atoms with Crippen molar-refractivity contribution in [3.05, 3.63) is 0 Å². The summed E-state index contributed by atoms with van der Waals surface area (Å²) in [6.45, 7) is 5.49. The van der Waals surface area contributed by atoms with Gasteiger partial charge in [0.15, 0.2) is 5.78 Å². The molecule has 0 bridgehead atoms. The van der Waals surface area contributed by atoms with Gasteiger partial charge in [0.2, 0.25) is 0 Å². The summed E-state index contributed by atoms with van der Waals surface area (Å²) in [5.74, 6) is 0.478. The summed E-state index contributed by atoms with van der Waals surface area (Å²) < 4.78 is 1.01. The number of unbranched alkanes of at least 4 members (excludes halogenated alkanes) is 9. The second-order valence-electron chi connectivity index (χ2n) is 7.05. The second kappa shape index (κ2) is 10.4. The number of carbonyl (C=O) groups excluding carboxylic acids is 1. The first-order valence-electron chi connectivity index (χ1n) is 9.01. The molecular formula is C18H36NO+. The summed E-state index contributed by atoms with van der Waals surface area (Å²) in [4.78, 5) is 11.5. The maximum atomic E-state index is 11.5. The lowest BCUT2D eigenvalue weighted by Crippen LogP contribution is -2.51. The molecule has 0 radical (unpaired) electrons. The molecule has 0 aliphatic carbocycles. The van der Waals surface area contributed by atoms with E-state index in [1.165, 1.54) is 77.3 Å². The smallest absolute Gasteiger partial charge is 0.187 e. The monoisotopic (exact) mass is 282 g/mol. The molecule has 2 heteroatoms. The lowest BCUT2D eigenvalue weighted by molar-refractivity contribution is -0.904. The summed E-state index contributed by atoms with van der Waals surface area (Å²) in [5.41, 5.74) is 0. The molecule has 1 fully saturated rings. The third-order valence-electron chi connectivity index (χ3n) is 4.76. The van der Waals surface area contributed by atoms with E-state index in [0.717, 1.165) is 23.9 Å². The SMILES string of the molecule is CCCCCCCCCCCC[N+]1(C)CCCC(=O)C1. The summed E-state index contributed by atoms with van der Waals surface area (Å²) in [7, 11) is 2.27. The van der Waals surface area contributed by atoms with Gasteiger partial charge in [-0.25, -0.2) is 0 Å². The van der Waals surface area contributed by atoms with Crippen LogP contribution in [0.15, 0.2) is 0 Å². The number of hydrogen-bond acceptors (Lipinski definition) is 1. The van der Waals surface area contributed by atoms with Gasteiger partial charge in [0.25, 0.3) is 0 Å². The summed E-state index contributed by atoms with van der Waals surface area (Å²) >= 11 is 0. The Kier molecular flexibility index (Phi) is 9.17. The number of rotatable bonds is 11. The van der Waals surface area contributed by atoms with Crippen LogP contribution in [0.25, 0.3) is 0 Å². The number of hydrogen-bond donors (Lipinski definition) is 0. The zero-order valence-corrected chi connectivity index (χ0v) is 14.0. The molecule has 0 N–H and O–H groups in total. The molecule has 0 aromatic rings. The highest BCUT2D eigenvalue weighted by molar-refractivity contribution is 5.79. The molecule has 0 spiro atoms. The minimum Gasteiger partial charge on any atom is -0.320 e. The Morgan fingerprint density at radius 2 is 1.45 bits per heavy atom. The number of Topliss-reactive ketones (excluding diaryl/α,β-unsaturated/α-hetero) is 1. The largest absolute Gasteiger partial charge is 0.320 e. The van der Waals surface area contributed by atoms with Gasteiger partial charge in [0.05, 0.1) is 20.1 Å². The second-order valence-corrected chi connectivity index (χ2v) is 7.05. The Morgan fingerprint density at radius 1 is 0.900 bits per heavy atom. The first-order chi connectivity index (χ1) is 9.66. The van der Waals surface area contributed by atoms with E-state index in [-0.39, 0.29) is 0 Å². The lowest BCUT2D eigenvalue weighted by atomic mass is 10.0. The number of quaternary nitrogens is 1. The van der Waals surface area contributed by atoms with E-state index in [2.05, 4.69) is 14.0 Å². The number of likely N-dealkylation sites (N-methyl/N-ethyl adjacent to an activating group) is 1. The Morgan fingerprint density at radius 3 is 2.00 bits per heavy atom. The Labute approximate surface area is 126 Å². The maximum absolute atomic E-state index is 11.5. The van der Waals surface area contributed by atoms with Gasteiger partial charge in [-0.1, -0.05) is 58.3 Å². The normalized spacial score (nSPS) is 23.2. The number of nitrogens with zero attached hydrogens (tertiary/aromatic N) is 1. The molecule has 0 aromatic heterocycles. The van der Waals surface area contributed by atoms with Crippen LogP contribution in [0.5, 0.6) is 0 Å². The van der Waals surface area contributed by atoms with E-state index >= 15 is 0 Å². The molecular weight excluding hydrogens is 246 g/mol. The molecule has 1 saturated heterocycles. The van der Waals surface area contributed by atoms with Crippen LogP contribution in [0.4, 0.5) is 0 Å². The van der Waals surface area contributed by atoms with Crippen LogP contribution < -0.4 is 0 Å². The molecule has 0 amide bonds. The maximum Gasteiger partial charge on any atom is 0.187 e. The van der Waals surface area contributed by atoms with Gasteiger partial charge in [-0.3, -0.25) is 4.79 Å². The molecule has 0 aromatic carbocycles. The van der Waals surface area contributed by atoms with Crippen LogP contribution in [-0.4, -0.2) is 36.9 Å². The Balaban J connectivity index is 1.90. The molecule has 2 nitrogen and oxygen atoms in total. The topological polar surface area (TPSA) is 17.1 Å². The predicted octanol–water partition coefficient (Wildman–Crippen LogP) is 4.72. The van der Waals surface area contributed by atoms with Gasteiger partial charge in [0.1, 0.15) is 6.54 Å². The molecule has 1 rings (SSSR count). The fourth-order valence-corrected chi connectivity index (χ4v) is 3.41. The Bertz CT molecular complexity index is 264. The fourth-order valence-electron chi connectivity index (χ4n) is 3.41. The van der Waals surface area contributed by atoms with E-state index in [0.29, 0.717) is 5.78 Å². The van der Waals surface area contributed by atoms with Crippen molar-refractivity contribution in [1.82, 2.24) is 0 Å². The lowest BCUT2D eigenvalue weighted by Gasteiger charge is -2.37.